The van der Waals surface area contributed by atoms with Gasteiger partial charge in [-0.3, -0.25) is 62.5 Å². The standard InChI is InChI=1S/C74H111ClF3N13O12/c1-17-45(6)62-72(102)85(11)46(7)66(96)91-36-33-54(91)70(100)88(14)57(40-47-23-19-18-20-24-47)69(99)84(10)42-59(92)80-53(30-28-48-27-29-51(52(75)38-48)74(76,77)78)67(97)87(13)56(39-49-31-34-79-35-32-49)65(95)81-61(44(4)5)71(101)90(16)63(50-25-21-22-26-50)73(103)89(15)58(68(98)83(8)9)41-60(93)86(12)55(37-43(2)3)64(94)82-62/h27,29,31-32,34-35,38,43-47,50,53-58,61-63H,17-26,28,30,33,36-37,39-42H2,1-16H3,(H,80,92)(H,81,95)(H,82,94)/t45-,46-,53-,54-,55-,56-,57-,58-,61-,62-,63-/m0/s1. The van der Waals surface area contributed by atoms with Crippen molar-refractivity contribution < 1.29 is 70.7 Å². The van der Waals surface area contributed by atoms with Crippen LogP contribution in [0.2, 0.25) is 5.02 Å². The van der Waals surface area contributed by atoms with E-state index in [1.165, 1.54) is 118 Å². The molecule has 3 N–H and O–H groups in total. The van der Waals surface area contributed by atoms with Crippen molar-refractivity contribution in [1.82, 2.24) is 65.0 Å². The highest BCUT2D eigenvalue weighted by molar-refractivity contribution is 6.31. The van der Waals surface area contributed by atoms with E-state index in [4.69, 9.17) is 11.6 Å². The van der Waals surface area contributed by atoms with Crippen LogP contribution in [-0.2, 0) is 76.6 Å². The molecule has 1 aromatic carbocycles. The molecule has 25 nitrogen and oxygen atoms in total. The van der Waals surface area contributed by atoms with Crippen LogP contribution < -0.4 is 16.0 Å². The van der Waals surface area contributed by atoms with Crippen LogP contribution in [0.5, 0.6) is 0 Å². The monoisotopic (exact) mass is 1470 g/mol. The number of rotatable bonds is 14. The number of fused-ring (bicyclic) bond motifs is 1. The first-order valence-electron chi connectivity index (χ1n) is 36.3. The normalized spacial score (nSPS) is 26.4. The molecule has 0 unspecified atom stereocenters. The molecule has 29 heteroatoms. The summed E-state index contributed by atoms with van der Waals surface area (Å²) >= 11 is 6.18. The summed E-state index contributed by atoms with van der Waals surface area (Å²) in [5, 5.41) is 7.95. The molecule has 1 aromatic heterocycles. The summed E-state index contributed by atoms with van der Waals surface area (Å²) in [4.78, 5) is 195. The third kappa shape index (κ3) is 21.2. The molecule has 0 radical (unpaired) electrons. The fourth-order valence-electron chi connectivity index (χ4n) is 14.6. The Hall–Kier alpha value is -7.91. The summed E-state index contributed by atoms with van der Waals surface area (Å²) in [5.74, 6) is -10.2. The first-order chi connectivity index (χ1) is 48.3. The van der Waals surface area contributed by atoms with E-state index in [1.54, 1.807) is 32.9 Å². The number of nitrogens with zero attached hydrogens (tertiary/aromatic N) is 10. The van der Waals surface area contributed by atoms with E-state index in [9.17, 15) is 46.7 Å². The maximum absolute atomic E-state index is 15.5. The first-order valence-corrected chi connectivity index (χ1v) is 36.7. The first kappa shape index (κ1) is 84.0. The number of carbonyl (C=O) groups excluding carboxylic acids is 12. The van der Waals surface area contributed by atoms with E-state index >= 15 is 24.0 Å². The SMILES string of the molecule is CC[C@H](C)[C@@H]1NC(=O)[C@H](CC(C)C)N(C)C(=O)C[C@@H](C(=O)N(C)C)N(C)C(=O)[C@H](C2CCCC2)N(C)C(=O)[C@H](C(C)C)NC(=O)[C@H](Cc2ccncc2)N(C)C(=O)[C@H](CCc2ccc(C(F)(F)F)c(Cl)c2)NC(=O)CN(C)C(=O)[C@H](CC2CCCCC2)N(C)C(=O)[C@@H]2CCN2C(=O)[C@H](C)N(C)C1=O. The highest BCUT2D eigenvalue weighted by Gasteiger charge is 2.48. The van der Waals surface area contributed by atoms with Gasteiger partial charge in [0.1, 0.15) is 60.4 Å². The summed E-state index contributed by atoms with van der Waals surface area (Å²) in [6, 6.07) is -6.57. The fraction of sp³-hybridized carbons (Fsp3) is 0.689. The Morgan fingerprint density at radius 2 is 1.22 bits per heavy atom. The number of benzene rings is 1. The van der Waals surface area contributed by atoms with Gasteiger partial charge in [-0.15, -0.1) is 0 Å². The molecule has 0 spiro atoms. The number of nitrogens with one attached hydrogen (secondary N) is 3. The number of amides is 12. The number of alkyl halides is 3. The topological polar surface area (TPSA) is 283 Å². The van der Waals surface area contributed by atoms with Gasteiger partial charge in [-0.25, -0.2) is 0 Å². The molecule has 11 atom stereocenters. The zero-order chi connectivity index (χ0) is 76.8. The molecule has 4 aliphatic rings. The van der Waals surface area contributed by atoms with Gasteiger partial charge in [-0.05, 0) is 117 Å². The van der Waals surface area contributed by atoms with Gasteiger partial charge in [0.25, 0.3) is 0 Å². The smallest absolute Gasteiger partial charge is 0.347 e. The van der Waals surface area contributed by atoms with Gasteiger partial charge < -0.3 is 60.0 Å². The second kappa shape index (κ2) is 37.2. The lowest BCUT2D eigenvalue weighted by Gasteiger charge is -2.45. The number of likely N-dealkylation sites (N-methyl/N-ethyl adjacent to an activating group) is 8. The second-order valence-corrected chi connectivity index (χ2v) is 30.4. The highest BCUT2D eigenvalue weighted by Crippen LogP contribution is 2.37. The maximum atomic E-state index is 15.5. The van der Waals surface area contributed by atoms with Crippen molar-refractivity contribution >= 4 is 82.5 Å². The molecule has 6 rings (SSSR count). The van der Waals surface area contributed by atoms with Gasteiger partial charge in [-0.1, -0.05) is 111 Å². The molecule has 2 aliphatic heterocycles. The third-order valence-corrected chi connectivity index (χ3v) is 22.0. The lowest BCUT2D eigenvalue weighted by molar-refractivity contribution is -0.160. The van der Waals surface area contributed by atoms with Crippen molar-refractivity contribution in [1.29, 1.82) is 0 Å². The van der Waals surface area contributed by atoms with E-state index in [0.29, 0.717) is 37.7 Å². The Bertz CT molecular complexity index is 3350. The average molecular weight is 1470 g/mol. The van der Waals surface area contributed by atoms with Crippen molar-refractivity contribution in [3.63, 3.8) is 0 Å². The van der Waals surface area contributed by atoms with Crippen molar-refractivity contribution in [3.05, 3.63) is 64.4 Å². The molecule has 4 fully saturated rings. The number of carbonyl (C=O) groups is 12. The van der Waals surface area contributed by atoms with Crippen LogP contribution in [0, 0.1) is 29.6 Å². The molecule has 2 aromatic rings. The predicted octanol–water partition coefficient (Wildman–Crippen LogP) is 5.83. The molecule has 572 valence electrons. The van der Waals surface area contributed by atoms with Gasteiger partial charge >= 0.3 is 6.18 Å². The molecule has 2 aliphatic carbocycles. The lowest BCUT2D eigenvalue weighted by atomic mass is 9.84. The molecule has 0 bridgehead atoms. The fourth-order valence-corrected chi connectivity index (χ4v) is 14.9. The molecule has 12 amide bonds. The van der Waals surface area contributed by atoms with Crippen LogP contribution in [0.4, 0.5) is 13.2 Å². The molecule has 3 heterocycles. The Kier molecular flexibility index (Phi) is 30.3. The second-order valence-electron chi connectivity index (χ2n) is 29.9. The Labute approximate surface area is 610 Å². The Balaban J connectivity index is 1.48. The summed E-state index contributed by atoms with van der Waals surface area (Å²) in [6.45, 7) is 11.6. The van der Waals surface area contributed by atoms with E-state index < -0.39 is 179 Å². The molecule has 2 saturated heterocycles. The summed E-state index contributed by atoms with van der Waals surface area (Å²) in [5.41, 5.74) is -0.315. The molecular formula is C74H111ClF3N13O12. The van der Waals surface area contributed by atoms with Crippen LogP contribution >= 0.6 is 11.6 Å². The van der Waals surface area contributed by atoms with Gasteiger partial charge in [0.05, 0.1) is 23.6 Å². The van der Waals surface area contributed by atoms with E-state index in [-0.39, 0.29) is 62.5 Å². The van der Waals surface area contributed by atoms with Gasteiger partial charge in [-0.2, -0.15) is 13.2 Å². The van der Waals surface area contributed by atoms with Crippen molar-refractivity contribution in [2.75, 3.05) is 76.5 Å². The summed E-state index contributed by atoms with van der Waals surface area (Å²) < 4.78 is 41.9. The maximum Gasteiger partial charge on any atom is 0.417 e. The van der Waals surface area contributed by atoms with Gasteiger partial charge in [0.2, 0.25) is 70.9 Å². The van der Waals surface area contributed by atoms with Gasteiger partial charge in [0.15, 0.2) is 0 Å². The van der Waals surface area contributed by atoms with Crippen LogP contribution in [0.3, 0.4) is 0 Å². The minimum atomic E-state index is -4.79. The summed E-state index contributed by atoms with van der Waals surface area (Å²) in [7, 11) is 12.7. The number of aromatic nitrogens is 1. The predicted molar refractivity (Wildman–Crippen MR) is 381 cm³/mol. The van der Waals surface area contributed by atoms with E-state index in [2.05, 4.69) is 20.9 Å². The average Bonchev–Trinajstić information content (AvgIpc) is 1.25. The zero-order valence-electron chi connectivity index (χ0n) is 63.0. The van der Waals surface area contributed by atoms with Crippen molar-refractivity contribution in [3.8, 4) is 0 Å². The minimum Gasteiger partial charge on any atom is -0.347 e. The van der Waals surface area contributed by atoms with Gasteiger partial charge in [0, 0.05) is 88.8 Å². The van der Waals surface area contributed by atoms with Crippen molar-refractivity contribution in [2.24, 2.45) is 29.6 Å². The molecular weight excluding hydrogens is 1360 g/mol. The Morgan fingerprint density at radius 3 is 1.78 bits per heavy atom. The largest absolute Gasteiger partial charge is 0.417 e. The van der Waals surface area contributed by atoms with Crippen LogP contribution in [0.1, 0.15) is 161 Å². The lowest BCUT2D eigenvalue weighted by Crippen LogP contribution is -2.65. The summed E-state index contributed by atoms with van der Waals surface area (Å²) in [6.07, 6.45) is 4.57. The van der Waals surface area contributed by atoms with Crippen LogP contribution in [0.15, 0.2) is 42.7 Å². The Morgan fingerprint density at radius 1 is 0.641 bits per heavy atom. The zero-order valence-corrected chi connectivity index (χ0v) is 63.8. The van der Waals surface area contributed by atoms with Crippen LogP contribution in [0.25, 0.3) is 0 Å². The third-order valence-electron chi connectivity index (χ3n) is 21.6. The number of hydrogen-bond acceptors (Lipinski definition) is 13. The number of hydrogen-bond donors (Lipinski definition) is 3. The van der Waals surface area contributed by atoms with Crippen molar-refractivity contribution in [2.45, 2.75) is 224 Å². The van der Waals surface area contributed by atoms with E-state index in [1.807, 2.05) is 20.8 Å². The molecule has 2 saturated carbocycles. The minimum absolute atomic E-state index is 0.000130. The van der Waals surface area contributed by atoms with E-state index in [0.717, 1.165) is 58.9 Å². The number of aryl methyl sites for hydroxylation is 1. The highest BCUT2D eigenvalue weighted by atomic mass is 35.5. The van der Waals surface area contributed by atoms with Crippen LogP contribution in [-0.4, -0.2) is 257 Å². The quantitative estimate of drug-likeness (QED) is 0.201. The molecule has 103 heavy (non-hydrogen) atoms. The number of halogens is 4. The number of pyridine rings is 1.